The minimum Gasteiger partial charge on any atom is -0.239 e. The Labute approximate surface area is 109 Å². The van der Waals surface area contributed by atoms with Crippen LogP contribution in [0.25, 0.3) is 5.69 Å². The van der Waals surface area contributed by atoms with Gasteiger partial charge in [-0.15, -0.1) is 11.6 Å². The van der Waals surface area contributed by atoms with Crippen molar-refractivity contribution in [3.63, 3.8) is 0 Å². The molecule has 0 amide bonds. The van der Waals surface area contributed by atoms with E-state index < -0.39 is 0 Å². The molecule has 15 heavy (non-hydrogen) atoms. The Bertz CT molecular complexity index is 482. The lowest BCUT2D eigenvalue weighted by Gasteiger charge is -2.04. The standard InChI is InChI=1S/C10H7Br2ClN2/c11-7-1-2-9(12)10(5-7)15-4-3-8(6-13)14-15/h1-5H,6H2. The highest BCUT2D eigenvalue weighted by Crippen LogP contribution is 2.24. The van der Waals surface area contributed by atoms with Gasteiger partial charge in [-0.05, 0) is 40.2 Å². The van der Waals surface area contributed by atoms with E-state index in [1.807, 2.05) is 30.5 Å². The van der Waals surface area contributed by atoms with Crippen LogP contribution in [0.2, 0.25) is 0 Å². The molecule has 0 unspecified atom stereocenters. The summed E-state index contributed by atoms with van der Waals surface area (Å²) in [5, 5.41) is 4.33. The van der Waals surface area contributed by atoms with Gasteiger partial charge >= 0.3 is 0 Å². The number of nitrogens with zero attached hydrogens (tertiary/aromatic N) is 2. The van der Waals surface area contributed by atoms with E-state index in [1.165, 1.54) is 0 Å². The highest BCUT2D eigenvalue weighted by atomic mass is 79.9. The molecule has 0 atom stereocenters. The number of halogens is 3. The maximum atomic E-state index is 5.70. The third-order valence-corrected chi connectivity index (χ3v) is 3.37. The van der Waals surface area contributed by atoms with E-state index in [0.717, 1.165) is 20.3 Å². The molecule has 5 heteroatoms. The van der Waals surface area contributed by atoms with Gasteiger partial charge in [0.05, 0.1) is 17.3 Å². The maximum Gasteiger partial charge on any atom is 0.0798 e. The Balaban J connectivity index is 2.48. The summed E-state index contributed by atoms with van der Waals surface area (Å²) < 4.78 is 3.81. The van der Waals surface area contributed by atoms with Crippen molar-refractivity contribution in [1.29, 1.82) is 0 Å². The van der Waals surface area contributed by atoms with Gasteiger partial charge in [-0.2, -0.15) is 5.10 Å². The fraction of sp³-hybridized carbons (Fsp3) is 0.100. The molecule has 0 fully saturated rings. The van der Waals surface area contributed by atoms with Crippen molar-refractivity contribution >= 4 is 43.5 Å². The van der Waals surface area contributed by atoms with E-state index in [9.17, 15) is 0 Å². The quantitative estimate of drug-likeness (QED) is 0.745. The Morgan fingerprint density at radius 2 is 2.07 bits per heavy atom. The lowest BCUT2D eigenvalue weighted by Crippen LogP contribution is -1.96. The average molecular weight is 350 g/mol. The molecule has 2 rings (SSSR count). The van der Waals surface area contributed by atoms with Crippen molar-refractivity contribution in [3.8, 4) is 5.69 Å². The zero-order chi connectivity index (χ0) is 10.8. The zero-order valence-electron chi connectivity index (χ0n) is 7.62. The fourth-order valence-electron chi connectivity index (χ4n) is 1.23. The molecule has 78 valence electrons. The summed E-state index contributed by atoms with van der Waals surface area (Å²) in [6.07, 6.45) is 1.89. The molecule has 0 radical (unpaired) electrons. The van der Waals surface area contributed by atoms with Crippen molar-refractivity contribution in [2.75, 3.05) is 0 Å². The van der Waals surface area contributed by atoms with Crippen LogP contribution in [0.15, 0.2) is 39.4 Å². The van der Waals surface area contributed by atoms with E-state index >= 15 is 0 Å². The molecule has 0 aliphatic rings. The second-order valence-electron chi connectivity index (χ2n) is 2.98. The molecule has 0 spiro atoms. The third-order valence-electron chi connectivity index (χ3n) is 1.94. The minimum atomic E-state index is 0.429. The second kappa shape index (κ2) is 4.68. The minimum absolute atomic E-state index is 0.429. The van der Waals surface area contributed by atoms with Crippen molar-refractivity contribution in [2.24, 2.45) is 0 Å². The number of alkyl halides is 1. The van der Waals surface area contributed by atoms with Gasteiger partial charge in [0.25, 0.3) is 0 Å². The molecule has 1 aromatic heterocycles. The van der Waals surface area contributed by atoms with E-state index in [2.05, 4.69) is 37.0 Å². The Kier molecular flexibility index (Phi) is 3.49. The molecular formula is C10H7Br2ClN2. The molecular weight excluding hydrogens is 343 g/mol. The lowest BCUT2D eigenvalue weighted by molar-refractivity contribution is 0.854. The average Bonchev–Trinajstić information content (AvgIpc) is 2.70. The molecule has 1 aromatic carbocycles. The van der Waals surface area contributed by atoms with Gasteiger partial charge in [0, 0.05) is 15.1 Å². The van der Waals surface area contributed by atoms with Gasteiger partial charge < -0.3 is 0 Å². The number of rotatable bonds is 2. The van der Waals surface area contributed by atoms with Crippen molar-refractivity contribution < 1.29 is 0 Å². The first-order chi connectivity index (χ1) is 7.20. The zero-order valence-corrected chi connectivity index (χ0v) is 11.6. The molecule has 0 saturated heterocycles. The van der Waals surface area contributed by atoms with Gasteiger partial charge in [0.1, 0.15) is 0 Å². The van der Waals surface area contributed by atoms with E-state index in [1.54, 1.807) is 4.68 Å². The molecule has 0 saturated carbocycles. The highest BCUT2D eigenvalue weighted by molar-refractivity contribution is 9.11. The van der Waals surface area contributed by atoms with Crippen LogP contribution in [-0.2, 0) is 5.88 Å². The predicted molar refractivity (Wildman–Crippen MR) is 68.5 cm³/mol. The lowest BCUT2D eigenvalue weighted by atomic mass is 10.3. The van der Waals surface area contributed by atoms with Crippen LogP contribution < -0.4 is 0 Å². The largest absolute Gasteiger partial charge is 0.239 e. The van der Waals surface area contributed by atoms with Gasteiger partial charge in [0.15, 0.2) is 0 Å². The summed E-state index contributed by atoms with van der Waals surface area (Å²) in [5.41, 5.74) is 1.85. The first-order valence-electron chi connectivity index (χ1n) is 4.26. The molecule has 0 aliphatic heterocycles. The van der Waals surface area contributed by atoms with Gasteiger partial charge in [0.2, 0.25) is 0 Å². The normalized spacial score (nSPS) is 10.6. The second-order valence-corrected chi connectivity index (χ2v) is 5.02. The van der Waals surface area contributed by atoms with Crippen LogP contribution in [0.4, 0.5) is 0 Å². The number of hydrogen-bond donors (Lipinski definition) is 0. The number of aromatic nitrogens is 2. The van der Waals surface area contributed by atoms with Crippen LogP contribution in [0.5, 0.6) is 0 Å². The van der Waals surface area contributed by atoms with Crippen LogP contribution in [0, 0.1) is 0 Å². The highest BCUT2D eigenvalue weighted by Gasteiger charge is 2.05. The summed E-state index contributed by atoms with van der Waals surface area (Å²) in [4.78, 5) is 0. The van der Waals surface area contributed by atoms with Crippen molar-refractivity contribution in [2.45, 2.75) is 5.88 Å². The fourth-order valence-corrected chi connectivity index (χ4v) is 2.15. The number of benzene rings is 1. The summed E-state index contributed by atoms with van der Waals surface area (Å²) in [6, 6.07) is 7.84. The van der Waals surface area contributed by atoms with Crippen LogP contribution in [0.3, 0.4) is 0 Å². The first-order valence-corrected chi connectivity index (χ1v) is 6.38. The Morgan fingerprint density at radius 1 is 1.27 bits per heavy atom. The van der Waals surface area contributed by atoms with Crippen molar-refractivity contribution in [1.82, 2.24) is 9.78 Å². The molecule has 2 nitrogen and oxygen atoms in total. The van der Waals surface area contributed by atoms with Crippen LogP contribution >= 0.6 is 43.5 Å². The van der Waals surface area contributed by atoms with Crippen LogP contribution in [-0.4, -0.2) is 9.78 Å². The third kappa shape index (κ3) is 2.44. The summed E-state index contributed by atoms with van der Waals surface area (Å²) >= 11 is 12.6. The van der Waals surface area contributed by atoms with E-state index in [4.69, 9.17) is 11.6 Å². The molecule has 0 aliphatic carbocycles. The van der Waals surface area contributed by atoms with Gasteiger partial charge in [-0.25, -0.2) is 4.68 Å². The SMILES string of the molecule is ClCc1ccn(-c2cc(Br)ccc2Br)n1. The van der Waals surface area contributed by atoms with Gasteiger partial charge in [-0.1, -0.05) is 15.9 Å². The smallest absolute Gasteiger partial charge is 0.0798 e. The molecule has 0 bridgehead atoms. The van der Waals surface area contributed by atoms with Crippen LogP contribution in [0.1, 0.15) is 5.69 Å². The van der Waals surface area contributed by atoms with E-state index in [0.29, 0.717) is 5.88 Å². The molecule has 0 N–H and O–H groups in total. The monoisotopic (exact) mass is 348 g/mol. The topological polar surface area (TPSA) is 17.8 Å². The number of hydrogen-bond acceptors (Lipinski definition) is 1. The van der Waals surface area contributed by atoms with Crippen molar-refractivity contribution in [3.05, 3.63) is 45.1 Å². The molecule has 1 heterocycles. The Hall–Kier alpha value is -0.320. The van der Waals surface area contributed by atoms with E-state index in [-0.39, 0.29) is 0 Å². The first kappa shape index (κ1) is 11.2. The summed E-state index contributed by atoms with van der Waals surface area (Å²) in [5.74, 6) is 0.429. The van der Waals surface area contributed by atoms with Gasteiger partial charge in [-0.3, -0.25) is 0 Å². The summed E-state index contributed by atoms with van der Waals surface area (Å²) in [6.45, 7) is 0. The predicted octanol–water partition coefficient (Wildman–Crippen LogP) is 4.14. The molecule has 2 aromatic rings. The maximum absolute atomic E-state index is 5.70. The Morgan fingerprint density at radius 3 is 2.73 bits per heavy atom. The summed E-state index contributed by atoms with van der Waals surface area (Å²) in [7, 11) is 0.